The van der Waals surface area contributed by atoms with E-state index in [0.29, 0.717) is 16.9 Å². The van der Waals surface area contributed by atoms with Crippen molar-refractivity contribution in [3.05, 3.63) is 94.7 Å². The molecule has 6 heteroatoms. The first-order chi connectivity index (χ1) is 14.7. The van der Waals surface area contributed by atoms with Gasteiger partial charge in [-0.2, -0.15) is 4.31 Å². The molecule has 0 spiro atoms. The highest BCUT2D eigenvalue weighted by atomic mass is 32.2. The lowest BCUT2D eigenvalue weighted by Gasteiger charge is -2.24. The van der Waals surface area contributed by atoms with E-state index in [1.165, 1.54) is 0 Å². The molecule has 0 radical (unpaired) electrons. The van der Waals surface area contributed by atoms with Gasteiger partial charge in [0.05, 0.1) is 10.6 Å². The number of benzene rings is 3. The molecule has 0 saturated heterocycles. The minimum atomic E-state index is -4.18. The molecule has 3 aromatic carbocycles. The molecule has 31 heavy (non-hydrogen) atoms. The van der Waals surface area contributed by atoms with Crippen LogP contribution < -0.4 is 4.31 Å². The molecular weight excluding hydrogens is 410 g/mol. The number of amides is 1. The summed E-state index contributed by atoms with van der Waals surface area (Å²) in [4.78, 5) is 13.6. The molecule has 158 valence electrons. The first-order valence-electron chi connectivity index (χ1n) is 9.91. The number of fused-ring (bicyclic) bond motifs is 1. The van der Waals surface area contributed by atoms with Crippen LogP contribution in [0.4, 0.5) is 5.69 Å². The van der Waals surface area contributed by atoms with E-state index >= 15 is 0 Å². The van der Waals surface area contributed by atoms with E-state index in [2.05, 4.69) is 0 Å². The van der Waals surface area contributed by atoms with Crippen molar-refractivity contribution in [1.82, 2.24) is 0 Å². The van der Waals surface area contributed by atoms with Crippen LogP contribution in [-0.4, -0.2) is 14.3 Å². The topological polar surface area (TPSA) is 67.6 Å². The van der Waals surface area contributed by atoms with Gasteiger partial charge in [0, 0.05) is 10.9 Å². The van der Waals surface area contributed by atoms with Crippen LogP contribution in [0, 0.1) is 27.7 Å². The zero-order valence-electron chi connectivity index (χ0n) is 17.8. The summed E-state index contributed by atoms with van der Waals surface area (Å²) in [6, 6.07) is 18.6. The summed E-state index contributed by atoms with van der Waals surface area (Å²) >= 11 is 0. The number of hydrogen-bond acceptors (Lipinski definition) is 4. The maximum absolute atomic E-state index is 13.9. The van der Waals surface area contributed by atoms with Gasteiger partial charge in [-0.05, 0) is 86.8 Å². The number of hydrogen-bond donors (Lipinski definition) is 0. The second-order valence-electron chi connectivity index (χ2n) is 7.72. The van der Waals surface area contributed by atoms with Crippen LogP contribution in [0.1, 0.15) is 32.8 Å². The lowest BCUT2D eigenvalue weighted by Crippen LogP contribution is -2.37. The molecule has 1 heterocycles. The van der Waals surface area contributed by atoms with Gasteiger partial charge in [-0.25, -0.2) is 8.42 Å². The van der Waals surface area contributed by atoms with Crippen LogP contribution in [0.25, 0.3) is 11.0 Å². The molecule has 0 aliphatic rings. The third kappa shape index (κ3) is 3.75. The van der Waals surface area contributed by atoms with Gasteiger partial charge < -0.3 is 4.42 Å². The monoisotopic (exact) mass is 433 g/mol. The van der Waals surface area contributed by atoms with Crippen molar-refractivity contribution in [2.24, 2.45) is 0 Å². The van der Waals surface area contributed by atoms with Gasteiger partial charge in [0.15, 0.2) is 0 Å². The summed E-state index contributed by atoms with van der Waals surface area (Å²) < 4.78 is 34.2. The predicted octanol–water partition coefficient (Wildman–Crippen LogP) is 5.70. The fourth-order valence-corrected chi connectivity index (χ4v) is 5.37. The highest BCUT2D eigenvalue weighted by molar-refractivity contribution is 7.93. The SMILES string of the molecule is Cc1cc2cc(N(C(=O)c3ccccc3)S(=O)(=O)c3cc(C)c(C)cc3C)ccc2o1. The number of anilines is 1. The number of nitrogens with zero attached hydrogens (tertiary/aromatic N) is 1. The Morgan fingerprint density at radius 2 is 1.48 bits per heavy atom. The molecule has 0 aliphatic heterocycles. The van der Waals surface area contributed by atoms with Crippen molar-refractivity contribution in [2.45, 2.75) is 32.6 Å². The second-order valence-corrected chi connectivity index (χ2v) is 9.48. The Bertz CT molecular complexity index is 1400. The Balaban J connectivity index is 1.95. The maximum Gasteiger partial charge on any atom is 0.272 e. The third-order valence-corrected chi connectivity index (χ3v) is 7.23. The minimum absolute atomic E-state index is 0.114. The maximum atomic E-state index is 13.9. The summed E-state index contributed by atoms with van der Waals surface area (Å²) in [6.45, 7) is 7.35. The standard InChI is InChI=1S/C25H23NO4S/c1-16-12-18(3)24(13-17(16)2)31(28,29)26(25(27)20-8-6-5-7-9-20)22-10-11-23-21(15-22)14-19(4)30-23/h5-15H,1-4H3. The van der Waals surface area contributed by atoms with Gasteiger partial charge in [-0.1, -0.05) is 24.3 Å². The number of furan rings is 1. The zero-order chi connectivity index (χ0) is 22.3. The molecule has 0 saturated carbocycles. The lowest BCUT2D eigenvalue weighted by atomic mass is 10.1. The average molecular weight is 434 g/mol. The smallest absolute Gasteiger partial charge is 0.272 e. The van der Waals surface area contributed by atoms with E-state index in [0.717, 1.165) is 20.8 Å². The molecule has 0 aliphatic carbocycles. The van der Waals surface area contributed by atoms with E-state index in [4.69, 9.17) is 4.42 Å². The number of carbonyl (C=O) groups excluding carboxylic acids is 1. The highest BCUT2D eigenvalue weighted by Crippen LogP contribution is 2.32. The van der Waals surface area contributed by atoms with Crippen LogP contribution in [0.5, 0.6) is 0 Å². The molecule has 1 amide bonds. The first kappa shape index (κ1) is 20.9. The van der Waals surface area contributed by atoms with Crippen LogP contribution in [-0.2, 0) is 10.0 Å². The fraction of sp³-hybridized carbons (Fsp3) is 0.160. The van der Waals surface area contributed by atoms with E-state index in [9.17, 15) is 13.2 Å². The number of aryl methyl sites for hydroxylation is 4. The predicted molar refractivity (Wildman–Crippen MR) is 122 cm³/mol. The third-order valence-electron chi connectivity index (χ3n) is 5.37. The second kappa shape index (κ2) is 7.71. The summed E-state index contributed by atoms with van der Waals surface area (Å²) in [7, 11) is -4.18. The number of rotatable bonds is 4. The highest BCUT2D eigenvalue weighted by Gasteiger charge is 2.33. The lowest BCUT2D eigenvalue weighted by molar-refractivity contribution is 0.101. The number of sulfonamides is 1. The normalized spacial score (nSPS) is 11.6. The van der Waals surface area contributed by atoms with Crippen LogP contribution in [0.2, 0.25) is 0 Å². The van der Waals surface area contributed by atoms with Crippen LogP contribution in [0.15, 0.2) is 76.0 Å². The van der Waals surface area contributed by atoms with E-state index in [1.807, 2.05) is 32.9 Å². The summed E-state index contributed by atoms with van der Waals surface area (Å²) in [6.07, 6.45) is 0. The van der Waals surface area contributed by atoms with Crippen LogP contribution in [0.3, 0.4) is 0 Å². The Labute approximate surface area is 182 Å². The van der Waals surface area contributed by atoms with Gasteiger partial charge in [-0.15, -0.1) is 0 Å². The Morgan fingerprint density at radius 1 is 0.806 bits per heavy atom. The van der Waals surface area contributed by atoms with E-state index in [-0.39, 0.29) is 16.1 Å². The molecule has 1 aromatic heterocycles. The van der Waals surface area contributed by atoms with Crippen molar-refractivity contribution in [3.8, 4) is 0 Å². The molecule has 4 rings (SSSR count). The van der Waals surface area contributed by atoms with Gasteiger partial charge in [0.25, 0.3) is 15.9 Å². The van der Waals surface area contributed by atoms with Crippen molar-refractivity contribution in [1.29, 1.82) is 0 Å². The van der Waals surface area contributed by atoms with Gasteiger partial charge >= 0.3 is 0 Å². The van der Waals surface area contributed by atoms with E-state index in [1.54, 1.807) is 61.5 Å². The average Bonchev–Trinajstić information content (AvgIpc) is 3.10. The summed E-state index contributed by atoms with van der Waals surface area (Å²) in [5, 5.41) is 0.730. The van der Waals surface area contributed by atoms with Crippen molar-refractivity contribution in [3.63, 3.8) is 0 Å². The minimum Gasteiger partial charge on any atom is -0.461 e. The summed E-state index contributed by atoms with van der Waals surface area (Å²) in [5.74, 6) is 0.0961. The molecule has 0 fully saturated rings. The van der Waals surface area contributed by atoms with Crippen LogP contribution >= 0.6 is 0 Å². The largest absolute Gasteiger partial charge is 0.461 e. The molecule has 0 atom stereocenters. The zero-order valence-corrected chi connectivity index (χ0v) is 18.7. The van der Waals surface area contributed by atoms with E-state index < -0.39 is 15.9 Å². The summed E-state index contributed by atoms with van der Waals surface area (Å²) in [5.41, 5.74) is 3.61. The fourth-order valence-electron chi connectivity index (χ4n) is 3.66. The van der Waals surface area contributed by atoms with Gasteiger partial charge in [-0.3, -0.25) is 4.79 Å². The molecule has 0 bridgehead atoms. The van der Waals surface area contributed by atoms with Crippen molar-refractivity contribution >= 4 is 32.6 Å². The quantitative estimate of drug-likeness (QED) is 0.414. The Kier molecular flexibility index (Phi) is 5.19. The van der Waals surface area contributed by atoms with Crippen molar-refractivity contribution < 1.29 is 17.6 Å². The molecule has 0 unspecified atom stereocenters. The van der Waals surface area contributed by atoms with Gasteiger partial charge in [0.2, 0.25) is 0 Å². The van der Waals surface area contributed by atoms with Gasteiger partial charge in [0.1, 0.15) is 11.3 Å². The first-order valence-corrected chi connectivity index (χ1v) is 11.4. The Morgan fingerprint density at radius 3 is 2.19 bits per heavy atom. The molecular formula is C25H23NO4S. The molecule has 4 aromatic rings. The Hall–Kier alpha value is -3.38. The van der Waals surface area contributed by atoms with Crippen molar-refractivity contribution in [2.75, 3.05) is 4.31 Å². The number of carbonyl (C=O) groups is 1. The molecule has 0 N–H and O–H groups in total. The molecule has 5 nitrogen and oxygen atoms in total.